The van der Waals surface area contributed by atoms with Crippen LogP contribution < -0.4 is 15.5 Å². The summed E-state index contributed by atoms with van der Waals surface area (Å²) in [6.07, 6.45) is 0.358. The highest BCUT2D eigenvalue weighted by Crippen LogP contribution is 2.19. The number of hydrogen-bond donors (Lipinski definition) is 2. The van der Waals surface area contributed by atoms with E-state index >= 15 is 0 Å². The predicted octanol–water partition coefficient (Wildman–Crippen LogP) is 2.75. The first-order valence-corrected chi connectivity index (χ1v) is 9.21. The Bertz CT molecular complexity index is 804. The van der Waals surface area contributed by atoms with Gasteiger partial charge < -0.3 is 20.4 Å². The third-order valence-corrected chi connectivity index (χ3v) is 4.69. The normalized spacial score (nSPS) is 14.4. The lowest BCUT2D eigenvalue weighted by molar-refractivity contribution is -0.115. The molecule has 0 bridgehead atoms. The summed E-state index contributed by atoms with van der Waals surface area (Å²) in [5.74, 6) is -0.0358. The number of anilines is 3. The van der Waals surface area contributed by atoms with Gasteiger partial charge in [-0.1, -0.05) is 6.07 Å². The van der Waals surface area contributed by atoms with E-state index in [4.69, 9.17) is 5.26 Å². The molecule has 2 aromatic rings. The lowest BCUT2D eigenvalue weighted by Gasteiger charge is -2.34. The fraction of sp³-hybridized carbons (Fsp3) is 0.333. The number of nitriles is 1. The Morgan fingerprint density at radius 1 is 1.07 bits per heavy atom. The molecule has 1 amide bonds. The van der Waals surface area contributed by atoms with Gasteiger partial charge >= 0.3 is 0 Å². The van der Waals surface area contributed by atoms with Gasteiger partial charge in [-0.05, 0) is 49.5 Å². The topological polar surface area (TPSA) is 71.4 Å². The summed E-state index contributed by atoms with van der Waals surface area (Å²) in [5, 5.41) is 15.0. The molecule has 0 aromatic heterocycles. The third-order valence-electron chi connectivity index (χ3n) is 4.69. The molecule has 1 aliphatic rings. The molecule has 0 unspecified atom stereocenters. The lowest BCUT2D eigenvalue weighted by atomic mass is 10.2. The van der Waals surface area contributed by atoms with E-state index in [-0.39, 0.29) is 5.91 Å². The molecular weight excluding hydrogens is 338 g/mol. The van der Waals surface area contributed by atoms with Crippen molar-refractivity contribution in [1.29, 1.82) is 5.26 Å². The van der Waals surface area contributed by atoms with Crippen molar-refractivity contribution < 1.29 is 4.79 Å². The van der Waals surface area contributed by atoms with Crippen molar-refractivity contribution in [2.24, 2.45) is 0 Å². The number of likely N-dealkylation sites (N-methyl/N-ethyl adjacent to an activating group) is 1. The second kappa shape index (κ2) is 9.06. The highest BCUT2D eigenvalue weighted by molar-refractivity contribution is 5.91. The zero-order valence-electron chi connectivity index (χ0n) is 15.6. The van der Waals surface area contributed by atoms with Crippen LogP contribution in [0.3, 0.4) is 0 Å². The second-order valence-corrected chi connectivity index (χ2v) is 6.75. The van der Waals surface area contributed by atoms with Crippen molar-refractivity contribution in [3.05, 3.63) is 54.1 Å². The number of hydrogen-bond acceptors (Lipinski definition) is 5. The van der Waals surface area contributed by atoms with Gasteiger partial charge in [0.25, 0.3) is 0 Å². The predicted molar refractivity (Wildman–Crippen MR) is 109 cm³/mol. The van der Waals surface area contributed by atoms with E-state index in [0.717, 1.165) is 37.6 Å². The summed E-state index contributed by atoms with van der Waals surface area (Å²) >= 11 is 0. The summed E-state index contributed by atoms with van der Waals surface area (Å²) in [6, 6.07) is 17.4. The molecule has 0 aliphatic carbocycles. The van der Waals surface area contributed by atoms with Crippen molar-refractivity contribution in [1.82, 2.24) is 4.90 Å². The van der Waals surface area contributed by atoms with Crippen LogP contribution in [0.15, 0.2) is 48.5 Å². The molecule has 2 N–H and O–H groups in total. The fourth-order valence-electron chi connectivity index (χ4n) is 3.06. The van der Waals surface area contributed by atoms with Gasteiger partial charge in [-0.15, -0.1) is 0 Å². The average molecular weight is 363 g/mol. The number of benzene rings is 2. The smallest absolute Gasteiger partial charge is 0.226 e. The van der Waals surface area contributed by atoms with E-state index in [0.29, 0.717) is 18.5 Å². The van der Waals surface area contributed by atoms with Gasteiger partial charge in [-0.3, -0.25) is 4.79 Å². The highest BCUT2D eigenvalue weighted by atomic mass is 16.1. The Kier molecular flexibility index (Phi) is 6.29. The van der Waals surface area contributed by atoms with E-state index in [1.54, 1.807) is 12.1 Å². The van der Waals surface area contributed by atoms with Crippen LogP contribution in [0.4, 0.5) is 17.1 Å². The van der Waals surface area contributed by atoms with Crippen LogP contribution in [-0.4, -0.2) is 50.6 Å². The summed E-state index contributed by atoms with van der Waals surface area (Å²) in [7, 11) is 2.14. The highest BCUT2D eigenvalue weighted by Gasteiger charge is 2.14. The quantitative estimate of drug-likeness (QED) is 0.826. The molecule has 3 rings (SSSR count). The molecule has 6 heteroatoms. The molecule has 0 spiro atoms. The van der Waals surface area contributed by atoms with E-state index in [9.17, 15) is 4.79 Å². The van der Waals surface area contributed by atoms with Crippen LogP contribution in [-0.2, 0) is 4.79 Å². The lowest BCUT2D eigenvalue weighted by Crippen LogP contribution is -2.44. The van der Waals surface area contributed by atoms with Crippen LogP contribution in [0, 0.1) is 11.3 Å². The van der Waals surface area contributed by atoms with Crippen LogP contribution in [0.5, 0.6) is 0 Å². The van der Waals surface area contributed by atoms with Gasteiger partial charge in [0.1, 0.15) is 0 Å². The number of carbonyl (C=O) groups excluding carboxylic acids is 1. The van der Waals surface area contributed by atoms with Crippen molar-refractivity contribution in [2.45, 2.75) is 6.42 Å². The molecule has 1 saturated heterocycles. The number of nitrogens with one attached hydrogen (secondary N) is 2. The Morgan fingerprint density at radius 2 is 1.81 bits per heavy atom. The zero-order valence-corrected chi connectivity index (χ0v) is 15.6. The van der Waals surface area contributed by atoms with E-state index in [2.05, 4.69) is 45.7 Å². The van der Waals surface area contributed by atoms with E-state index in [1.165, 1.54) is 5.69 Å². The number of carbonyl (C=O) groups is 1. The van der Waals surface area contributed by atoms with Crippen LogP contribution in [0.25, 0.3) is 0 Å². The minimum absolute atomic E-state index is 0.0358. The standard InChI is InChI=1S/C21H25N5O/c1-25-11-13-26(14-12-25)20-7-5-18(6-8-20)24-21(27)9-10-23-19-4-2-3-17(15-19)16-22/h2-8,15,23H,9-14H2,1H3,(H,24,27). The molecule has 2 aromatic carbocycles. The molecule has 27 heavy (non-hydrogen) atoms. The Balaban J connectivity index is 1.44. The molecule has 6 nitrogen and oxygen atoms in total. The van der Waals surface area contributed by atoms with Crippen LogP contribution in [0.1, 0.15) is 12.0 Å². The molecule has 0 atom stereocenters. The molecular formula is C21H25N5O. The third kappa shape index (κ3) is 5.47. The molecule has 0 saturated carbocycles. The summed E-state index contributed by atoms with van der Waals surface area (Å²) in [5.41, 5.74) is 3.45. The largest absolute Gasteiger partial charge is 0.384 e. The van der Waals surface area contributed by atoms with Crippen molar-refractivity contribution in [3.8, 4) is 6.07 Å². The maximum absolute atomic E-state index is 12.1. The number of amides is 1. The van der Waals surface area contributed by atoms with Crippen LogP contribution in [0.2, 0.25) is 0 Å². The first-order chi connectivity index (χ1) is 13.1. The number of rotatable bonds is 6. The molecule has 1 fully saturated rings. The van der Waals surface area contributed by atoms with Gasteiger partial charge in [0.2, 0.25) is 5.91 Å². The van der Waals surface area contributed by atoms with Gasteiger partial charge in [-0.2, -0.15) is 5.26 Å². The monoisotopic (exact) mass is 363 g/mol. The van der Waals surface area contributed by atoms with Gasteiger partial charge in [0.15, 0.2) is 0 Å². The van der Waals surface area contributed by atoms with Crippen molar-refractivity contribution in [2.75, 3.05) is 55.3 Å². The maximum atomic E-state index is 12.1. The molecule has 1 aliphatic heterocycles. The van der Waals surface area contributed by atoms with Gasteiger partial charge in [0, 0.05) is 56.2 Å². The second-order valence-electron chi connectivity index (χ2n) is 6.75. The number of nitrogens with zero attached hydrogens (tertiary/aromatic N) is 3. The molecule has 1 heterocycles. The first kappa shape index (κ1) is 18.7. The van der Waals surface area contributed by atoms with E-state index in [1.807, 2.05) is 24.3 Å². The van der Waals surface area contributed by atoms with Crippen molar-refractivity contribution >= 4 is 23.0 Å². The van der Waals surface area contributed by atoms with Crippen LogP contribution >= 0.6 is 0 Å². The minimum Gasteiger partial charge on any atom is -0.384 e. The van der Waals surface area contributed by atoms with Gasteiger partial charge in [-0.25, -0.2) is 0 Å². The Hall–Kier alpha value is -3.04. The zero-order chi connectivity index (χ0) is 19.1. The minimum atomic E-state index is -0.0358. The summed E-state index contributed by atoms with van der Waals surface area (Å²) in [4.78, 5) is 16.8. The van der Waals surface area contributed by atoms with Gasteiger partial charge in [0.05, 0.1) is 11.6 Å². The molecule has 140 valence electrons. The fourth-order valence-corrected chi connectivity index (χ4v) is 3.06. The first-order valence-electron chi connectivity index (χ1n) is 9.21. The Labute approximate surface area is 160 Å². The average Bonchev–Trinajstić information content (AvgIpc) is 2.69. The van der Waals surface area contributed by atoms with E-state index < -0.39 is 0 Å². The number of piperazine rings is 1. The summed E-state index contributed by atoms with van der Waals surface area (Å²) in [6.45, 7) is 4.72. The SMILES string of the molecule is CN1CCN(c2ccc(NC(=O)CCNc3cccc(C#N)c3)cc2)CC1. The summed E-state index contributed by atoms with van der Waals surface area (Å²) < 4.78 is 0. The Morgan fingerprint density at radius 3 is 2.52 bits per heavy atom. The van der Waals surface area contributed by atoms with Crippen molar-refractivity contribution in [3.63, 3.8) is 0 Å². The maximum Gasteiger partial charge on any atom is 0.226 e. The molecule has 0 radical (unpaired) electrons.